The Bertz CT molecular complexity index is 478. The van der Waals surface area contributed by atoms with Gasteiger partial charge in [0.25, 0.3) is 0 Å². The van der Waals surface area contributed by atoms with Crippen LogP contribution in [0.1, 0.15) is 39.9 Å². The van der Waals surface area contributed by atoms with Crippen molar-refractivity contribution in [3.05, 3.63) is 34.4 Å². The number of nitrogens with zero attached hydrogens (tertiary/aromatic N) is 1. The lowest BCUT2D eigenvalue weighted by atomic mass is 9.98. The molecule has 2 rings (SSSR count). The number of benzene rings is 1. The third kappa shape index (κ3) is 3.43. The minimum absolute atomic E-state index is 0.121. The van der Waals surface area contributed by atoms with Gasteiger partial charge in [0.2, 0.25) is 0 Å². The fraction of sp³-hybridized carbons (Fsp3) is 0.562. The van der Waals surface area contributed by atoms with Crippen molar-refractivity contribution in [2.24, 2.45) is 0 Å². The second-order valence-corrected chi connectivity index (χ2v) is 5.60. The lowest BCUT2D eigenvalue weighted by Gasteiger charge is -2.20. The van der Waals surface area contributed by atoms with Crippen LogP contribution >= 0.6 is 0 Å². The number of aliphatic hydroxyl groups is 1. The van der Waals surface area contributed by atoms with E-state index < -0.39 is 0 Å². The molecule has 1 saturated carbocycles. The van der Waals surface area contributed by atoms with Crippen molar-refractivity contribution in [2.45, 2.75) is 39.7 Å². The minimum atomic E-state index is 0.121. The molecular weight excluding hydrogens is 238 g/mol. The number of aryl methyl sites for hydroxylation is 3. The number of ketones is 1. The molecule has 0 aliphatic heterocycles. The second kappa shape index (κ2) is 5.85. The van der Waals surface area contributed by atoms with Crippen molar-refractivity contribution in [3.63, 3.8) is 0 Å². The van der Waals surface area contributed by atoms with E-state index >= 15 is 0 Å². The topological polar surface area (TPSA) is 40.5 Å². The average molecular weight is 261 g/mol. The van der Waals surface area contributed by atoms with E-state index in [1.807, 2.05) is 19.9 Å². The molecule has 0 bridgehead atoms. The Labute approximate surface area is 115 Å². The Kier molecular flexibility index (Phi) is 4.38. The van der Waals surface area contributed by atoms with E-state index in [-0.39, 0.29) is 12.4 Å². The van der Waals surface area contributed by atoms with Gasteiger partial charge in [-0.3, -0.25) is 9.69 Å². The summed E-state index contributed by atoms with van der Waals surface area (Å²) in [5, 5.41) is 9.08. The largest absolute Gasteiger partial charge is 0.395 e. The van der Waals surface area contributed by atoms with Crippen LogP contribution in [0.25, 0.3) is 0 Å². The molecule has 0 aromatic heterocycles. The highest BCUT2D eigenvalue weighted by atomic mass is 16.3. The Morgan fingerprint density at radius 1 is 1.21 bits per heavy atom. The molecule has 1 aromatic rings. The lowest BCUT2D eigenvalue weighted by Crippen LogP contribution is -2.34. The van der Waals surface area contributed by atoms with Crippen LogP contribution in [0.5, 0.6) is 0 Å². The molecule has 0 amide bonds. The molecule has 104 valence electrons. The molecule has 3 nitrogen and oxygen atoms in total. The summed E-state index contributed by atoms with van der Waals surface area (Å²) in [5.41, 5.74) is 4.26. The van der Waals surface area contributed by atoms with Crippen LogP contribution in [0.3, 0.4) is 0 Å². The highest BCUT2D eigenvalue weighted by molar-refractivity contribution is 5.99. The van der Waals surface area contributed by atoms with E-state index in [2.05, 4.69) is 17.9 Å². The highest BCUT2D eigenvalue weighted by Crippen LogP contribution is 2.27. The molecule has 1 aromatic carbocycles. The summed E-state index contributed by atoms with van der Waals surface area (Å²) in [7, 11) is 0. The molecule has 19 heavy (non-hydrogen) atoms. The zero-order valence-corrected chi connectivity index (χ0v) is 12.1. The van der Waals surface area contributed by atoms with Gasteiger partial charge in [-0.15, -0.1) is 0 Å². The van der Waals surface area contributed by atoms with Gasteiger partial charge in [-0.2, -0.15) is 0 Å². The van der Waals surface area contributed by atoms with Crippen LogP contribution in [-0.4, -0.2) is 41.5 Å². The van der Waals surface area contributed by atoms with Gasteiger partial charge in [-0.1, -0.05) is 6.07 Å². The van der Waals surface area contributed by atoms with Gasteiger partial charge in [0, 0.05) is 18.2 Å². The van der Waals surface area contributed by atoms with Gasteiger partial charge < -0.3 is 5.11 Å². The normalized spacial score (nSPS) is 15.0. The van der Waals surface area contributed by atoms with Gasteiger partial charge in [-0.05, 0) is 56.4 Å². The number of carbonyl (C=O) groups excluding carboxylic acids is 1. The smallest absolute Gasteiger partial charge is 0.177 e. The van der Waals surface area contributed by atoms with Crippen molar-refractivity contribution in [1.29, 1.82) is 0 Å². The molecule has 0 radical (unpaired) electrons. The van der Waals surface area contributed by atoms with Crippen LogP contribution in [-0.2, 0) is 0 Å². The maximum absolute atomic E-state index is 12.4. The first-order valence-corrected chi connectivity index (χ1v) is 6.99. The number of Topliss-reactive ketones (excluding diaryl/α,β-unsaturated/α-hetero) is 1. The van der Waals surface area contributed by atoms with E-state index in [0.717, 1.165) is 29.5 Å². The maximum Gasteiger partial charge on any atom is 0.177 e. The van der Waals surface area contributed by atoms with Gasteiger partial charge in [-0.25, -0.2) is 0 Å². The van der Waals surface area contributed by atoms with E-state index in [9.17, 15) is 4.79 Å². The summed E-state index contributed by atoms with van der Waals surface area (Å²) in [5.74, 6) is 0.168. The summed E-state index contributed by atoms with van der Waals surface area (Å²) in [4.78, 5) is 14.5. The van der Waals surface area contributed by atoms with Crippen molar-refractivity contribution in [3.8, 4) is 0 Å². The molecule has 0 unspecified atom stereocenters. The predicted molar refractivity (Wildman–Crippen MR) is 76.7 cm³/mol. The van der Waals surface area contributed by atoms with Crippen molar-refractivity contribution >= 4 is 5.78 Å². The summed E-state index contributed by atoms with van der Waals surface area (Å²) in [6.45, 7) is 7.24. The SMILES string of the molecule is Cc1cc(C)c(C(=O)CN(CCO)C2CC2)cc1C. The first kappa shape index (κ1) is 14.2. The number of rotatable bonds is 6. The number of hydrogen-bond acceptors (Lipinski definition) is 3. The summed E-state index contributed by atoms with van der Waals surface area (Å²) < 4.78 is 0. The van der Waals surface area contributed by atoms with E-state index in [0.29, 0.717) is 19.1 Å². The molecule has 1 N–H and O–H groups in total. The monoisotopic (exact) mass is 261 g/mol. The molecule has 0 saturated heterocycles. The second-order valence-electron chi connectivity index (χ2n) is 5.60. The quantitative estimate of drug-likeness (QED) is 0.798. The zero-order valence-electron chi connectivity index (χ0n) is 12.1. The molecule has 0 spiro atoms. The minimum Gasteiger partial charge on any atom is -0.395 e. The van der Waals surface area contributed by atoms with Crippen LogP contribution in [0.4, 0.5) is 0 Å². The van der Waals surface area contributed by atoms with Crippen molar-refractivity contribution in [2.75, 3.05) is 19.7 Å². The first-order valence-electron chi connectivity index (χ1n) is 6.99. The molecule has 1 fully saturated rings. The third-order valence-corrected chi connectivity index (χ3v) is 3.94. The van der Waals surface area contributed by atoms with Crippen LogP contribution in [0.15, 0.2) is 12.1 Å². The van der Waals surface area contributed by atoms with E-state index in [4.69, 9.17) is 5.11 Å². The molecule has 1 aliphatic rings. The van der Waals surface area contributed by atoms with Crippen LogP contribution in [0, 0.1) is 20.8 Å². The molecule has 3 heteroatoms. The lowest BCUT2D eigenvalue weighted by molar-refractivity contribution is 0.0906. The van der Waals surface area contributed by atoms with Crippen LogP contribution in [0.2, 0.25) is 0 Å². The zero-order chi connectivity index (χ0) is 14.0. The number of hydrogen-bond donors (Lipinski definition) is 1. The summed E-state index contributed by atoms with van der Waals surface area (Å²) >= 11 is 0. The van der Waals surface area contributed by atoms with E-state index in [1.165, 1.54) is 5.56 Å². The Hall–Kier alpha value is -1.19. The van der Waals surface area contributed by atoms with Crippen molar-refractivity contribution in [1.82, 2.24) is 4.90 Å². The molecular formula is C16H23NO2. The average Bonchev–Trinajstić information content (AvgIpc) is 3.17. The van der Waals surface area contributed by atoms with Gasteiger partial charge >= 0.3 is 0 Å². The maximum atomic E-state index is 12.4. The number of carbonyl (C=O) groups is 1. The summed E-state index contributed by atoms with van der Waals surface area (Å²) in [6.07, 6.45) is 2.30. The molecule has 0 heterocycles. The standard InChI is InChI=1S/C16H23NO2/c1-11-8-13(3)15(9-12(11)2)16(19)10-17(6-7-18)14-4-5-14/h8-9,14,18H,4-7,10H2,1-3H3. The predicted octanol–water partition coefficient (Wildman–Crippen LogP) is 2.25. The first-order chi connectivity index (χ1) is 9.02. The van der Waals surface area contributed by atoms with Gasteiger partial charge in [0.1, 0.15) is 0 Å². The molecule has 1 aliphatic carbocycles. The summed E-state index contributed by atoms with van der Waals surface area (Å²) in [6, 6.07) is 4.58. The molecule has 0 atom stereocenters. The van der Waals surface area contributed by atoms with E-state index in [1.54, 1.807) is 0 Å². The highest BCUT2D eigenvalue weighted by Gasteiger charge is 2.30. The fourth-order valence-electron chi connectivity index (χ4n) is 2.49. The Morgan fingerprint density at radius 2 is 1.84 bits per heavy atom. The Balaban J connectivity index is 2.12. The third-order valence-electron chi connectivity index (χ3n) is 3.94. The fourth-order valence-corrected chi connectivity index (χ4v) is 2.49. The number of aliphatic hydroxyl groups excluding tert-OH is 1. The van der Waals surface area contributed by atoms with Crippen molar-refractivity contribution < 1.29 is 9.90 Å². The van der Waals surface area contributed by atoms with Gasteiger partial charge in [0.15, 0.2) is 5.78 Å². The Morgan fingerprint density at radius 3 is 2.42 bits per heavy atom. The van der Waals surface area contributed by atoms with Gasteiger partial charge in [0.05, 0.1) is 13.2 Å². The van der Waals surface area contributed by atoms with Crippen LogP contribution < -0.4 is 0 Å².